The molecule has 8 aromatic rings. The Labute approximate surface area is 387 Å². The van der Waals surface area contributed by atoms with Gasteiger partial charge in [-0.3, -0.25) is 4.79 Å². The van der Waals surface area contributed by atoms with E-state index >= 15 is 0 Å². The minimum atomic E-state index is -1.26. The number of alkyl halides is 1. The van der Waals surface area contributed by atoms with E-state index in [4.69, 9.17) is 55.9 Å². The lowest BCUT2D eigenvalue weighted by Crippen LogP contribution is -2.19. The van der Waals surface area contributed by atoms with Gasteiger partial charge < -0.3 is 19.7 Å². The van der Waals surface area contributed by atoms with E-state index in [9.17, 15) is 19.8 Å². The van der Waals surface area contributed by atoms with Gasteiger partial charge in [-0.05, 0) is 97.4 Å². The standard InChI is InChI=1S/C20H13Cl2N3O3.C12H8ClN3O.C10H10BrClO2.3CH4/c21-13-5-3-4-12(10-13)19(20(26)27)28-18-9-8-14(22)11-17(18)25-23-15-6-1-2-7-16(15)24-25;13-8-5-6-12(17)11(7-8)16-14-9-3-1-2-4-10(9)15-16;1-2-14-10(13)9(11)7-4-3-5-8(12)6-7;;;/h1-11,19H,(H,26,27);1-7,17H;3-6,9H,2H2,1H3;3*1H4. The third kappa shape index (κ3) is 12.9. The van der Waals surface area contributed by atoms with Crippen molar-refractivity contribution in [3.8, 4) is 22.9 Å². The number of ether oxygens (including phenoxy) is 2. The van der Waals surface area contributed by atoms with Gasteiger partial charge in [0.05, 0.1) is 6.61 Å². The van der Waals surface area contributed by atoms with Crippen molar-refractivity contribution in [2.45, 2.75) is 40.1 Å². The summed E-state index contributed by atoms with van der Waals surface area (Å²) in [5.74, 6) is -1.08. The molecular formula is C45H43BrCl4N6O6. The summed E-state index contributed by atoms with van der Waals surface area (Å²) in [4.78, 5) is 25.5. The number of hydrogen-bond acceptors (Lipinski definition) is 9. The van der Waals surface area contributed by atoms with Gasteiger partial charge in [0.1, 0.15) is 49.8 Å². The summed E-state index contributed by atoms with van der Waals surface area (Å²) in [6, 6.07) is 38.1. The maximum absolute atomic E-state index is 11.8. The van der Waals surface area contributed by atoms with Crippen molar-refractivity contribution in [2.75, 3.05) is 6.61 Å². The lowest BCUT2D eigenvalue weighted by atomic mass is 10.1. The minimum absolute atomic E-state index is 0. The van der Waals surface area contributed by atoms with E-state index in [0.29, 0.717) is 54.7 Å². The normalized spacial score (nSPS) is 11.2. The number of halogens is 5. The molecule has 2 atom stereocenters. The summed E-state index contributed by atoms with van der Waals surface area (Å²) >= 11 is 27.1. The second kappa shape index (κ2) is 23.5. The molecule has 8 rings (SSSR count). The van der Waals surface area contributed by atoms with Gasteiger partial charge in [-0.25, -0.2) is 4.79 Å². The third-order valence-corrected chi connectivity index (χ3v) is 9.96. The summed E-state index contributed by atoms with van der Waals surface area (Å²) in [7, 11) is 0. The number of carbonyl (C=O) groups excluding carboxylic acids is 1. The second-order valence-corrected chi connectivity index (χ2v) is 14.9. The average molecular weight is 986 g/mol. The molecule has 2 N–H and O–H groups in total. The molecule has 0 saturated heterocycles. The Balaban J connectivity index is 0.000000260. The van der Waals surface area contributed by atoms with Crippen LogP contribution >= 0.6 is 62.3 Å². The molecule has 6 aromatic carbocycles. The number of aromatic hydroxyl groups is 1. The fourth-order valence-corrected chi connectivity index (χ4v) is 6.56. The van der Waals surface area contributed by atoms with Crippen molar-refractivity contribution in [1.29, 1.82) is 0 Å². The number of nitrogens with zero attached hydrogens (tertiary/aromatic N) is 6. The first-order valence-electron chi connectivity index (χ1n) is 17.5. The molecule has 12 nitrogen and oxygen atoms in total. The zero-order valence-electron chi connectivity index (χ0n) is 30.7. The van der Waals surface area contributed by atoms with E-state index in [1.165, 1.54) is 15.7 Å². The van der Waals surface area contributed by atoms with Crippen molar-refractivity contribution in [3.05, 3.63) is 165 Å². The number of fused-ring (bicyclic) bond motifs is 2. The molecule has 0 amide bonds. The first-order chi connectivity index (χ1) is 28.4. The van der Waals surface area contributed by atoms with Crippen LogP contribution in [-0.4, -0.2) is 58.7 Å². The van der Waals surface area contributed by atoms with Crippen LogP contribution in [0.25, 0.3) is 33.4 Å². The zero-order chi connectivity index (χ0) is 42.1. The van der Waals surface area contributed by atoms with Crippen LogP contribution in [0.4, 0.5) is 0 Å². The summed E-state index contributed by atoms with van der Waals surface area (Å²) in [5, 5.41) is 38.8. The van der Waals surface area contributed by atoms with Crippen molar-refractivity contribution >= 4 is 96.3 Å². The summed E-state index contributed by atoms with van der Waals surface area (Å²) in [6.45, 7) is 2.15. The molecule has 2 unspecified atom stereocenters. The van der Waals surface area contributed by atoms with E-state index in [2.05, 4.69) is 36.3 Å². The van der Waals surface area contributed by atoms with Gasteiger partial charge in [-0.1, -0.05) is 133 Å². The van der Waals surface area contributed by atoms with Gasteiger partial charge >= 0.3 is 11.9 Å². The predicted molar refractivity (Wildman–Crippen MR) is 252 cm³/mol. The van der Waals surface area contributed by atoms with Gasteiger partial charge in [0.25, 0.3) is 0 Å². The van der Waals surface area contributed by atoms with Crippen LogP contribution in [0.15, 0.2) is 133 Å². The molecule has 17 heteroatoms. The number of benzene rings is 6. The quantitative estimate of drug-likeness (QED) is 0.105. The zero-order valence-corrected chi connectivity index (χ0v) is 35.3. The van der Waals surface area contributed by atoms with E-state index in [-0.39, 0.29) is 39.7 Å². The summed E-state index contributed by atoms with van der Waals surface area (Å²) in [6.07, 6.45) is -1.26. The first kappa shape index (κ1) is 50.7. The predicted octanol–water partition coefficient (Wildman–Crippen LogP) is 13.0. The molecule has 0 aliphatic rings. The number of aliphatic carboxylic acids is 1. The van der Waals surface area contributed by atoms with Crippen LogP contribution in [0.1, 0.15) is 51.3 Å². The number of phenolic OH excluding ortho intramolecular Hbond substituents is 1. The van der Waals surface area contributed by atoms with Crippen LogP contribution in [-0.2, 0) is 14.3 Å². The third-order valence-electron chi connectivity index (χ3n) is 8.12. The molecule has 0 fully saturated rings. The Morgan fingerprint density at radius 3 is 1.53 bits per heavy atom. The Kier molecular flexibility index (Phi) is 19.2. The number of hydrogen-bond donors (Lipinski definition) is 2. The highest BCUT2D eigenvalue weighted by molar-refractivity contribution is 9.09. The van der Waals surface area contributed by atoms with E-state index in [1.54, 1.807) is 79.7 Å². The molecule has 62 heavy (non-hydrogen) atoms. The van der Waals surface area contributed by atoms with E-state index in [1.807, 2.05) is 54.6 Å². The Hall–Kier alpha value is -5.70. The highest BCUT2D eigenvalue weighted by atomic mass is 79.9. The Bertz CT molecular complexity index is 2680. The van der Waals surface area contributed by atoms with Crippen LogP contribution < -0.4 is 4.74 Å². The lowest BCUT2D eigenvalue weighted by Gasteiger charge is -2.18. The van der Waals surface area contributed by atoms with Crippen molar-refractivity contribution in [1.82, 2.24) is 30.0 Å². The maximum atomic E-state index is 11.8. The molecule has 0 bridgehead atoms. The largest absolute Gasteiger partial charge is 0.506 e. The van der Waals surface area contributed by atoms with Crippen molar-refractivity contribution < 1.29 is 29.3 Å². The number of aromatic nitrogens is 6. The highest BCUT2D eigenvalue weighted by Gasteiger charge is 2.25. The molecule has 0 aliphatic heterocycles. The number of carbonyl (C=O) groups is 2. The molecule has 0 radical (unpaired) electrons. The minimum Gasteiger partial charge on any atom is -0.506 e. The average Bonchev–Trinajstić information content (AvgIpc) is 3.86. The fraction of sp³-hybridized carbons (Fsp3) is 0.156. The van der Waals surface area contributed by atoms with Gasteiger partial charge in [-0.15, -0.1) is 30.0 Å². The van der Waals surface area contributed by atoms with Crippen molar-refractivity contribution in [2.24, 2.45) is 0 Å². The Morgan fingerprint density at radius 1 is 0.613 bits per heavy atom. The second-order valence-electron chi connectivity index (χ2n) is 12.3. The molecule has 2 heterocycles. The van der Waals surface area contributed by atoms with Gasteiger partial charge in [0.15, 0.2) is 0 Å². The smallest absolute Gasteiger partial charge is 0.349 e. The molecule has 0 saturated carbocycles. The van der Waals surface area contributed by atoms with Crippen LogP contribution in [0.2, 0.25) is 20.1 Å². The molecule has 2 aromatic heterocycles. The number of carboxylic acids is 1. The van der Waals surface area contributed by atoms with Crippen LogP contribution in [0.5, 0.6) is 11.5 Å². The SMILES string of the molecule is C.C.C.CCOC(=O)C(Br)c1cccc(Cl)c1.O=C(O)C(Oc1ccc(Cl)cc1-n1nc2ccccc2n1)c1cccc(Cl)c1.Oc1ccc(Cl)cc1-n1nc2ccccc2n1. The maximum Gasteiger partial charge on any atom is 0.349 e. The van der Waals surface area contributed by atoms with Crippen molar-refractivity contribution in [3.63, 3.8) is 0 Å². The van der Waals surface area contributed by atoms with Gasteiger partial charge in [0.2, 0.25) is 6.10 Å². The molecule has 324 valence electrons. The Morgan fingerprint density at radius 2 is 1.05 bits per heavy atom. The monoisotopic (exact) mass is 982 g/mol. The fourth-order valence-electron chi connectivity index (χ4n) is 5.41. The first-order valence-corrected chi connectivity index (χ1v) is 20.0. The summed E-state index contributed by atoms with van der Waals surface area (Å²) in [5.41, 5.74) is 5.04. The van der Waals surface area contributed by atoms with Crippen LogP contribution in [0.3, 0.4) is 0 Å². The van der Waals surface area contributed by atoms with E-state index < -0.39 is 16.9 Å². The van der Waals surface area contributed by atoms with E-state index in [0.717, 1.165) is 16.6 Å². The molecular weight excluding hydrogens is 942 g/mol. The number of carboxylic acid groups (broad SMARTS) is 1. The number of esters is 1. The number of rotatable bonds is 9. The molecule has 0 aliphatic carbocycles. The highest BCUT2D eigenvalue weighted by Crippen LogP contribution is 2.32. The van der Waals surface area contributed by atoms with Crippen LogP contribution in [0, 0.1) is 0 Å². The molecule has 0 spiro atoms. The lowest BCUT2D eigenvalue weighted by molar-refractivity contribution is -0.145. The summed E-state index contributed by atoms with van der Waals surface area (Å²) < 4.78 is 10.7. The number of phenols is 1. The van der Waals surface area contributed by atoms with Gasteiger partial charge in [-0.2, -0.15) is 0 Å². The topological polar surface area (TPSA) is 154 Å². The van der Waals surface area contributed by atoms with Gasteiger partial charge in [0, 0.05) is 25.7 Å².